The number of fused-ring (bicyclic) bond motifs is 4. The number of aromatic carboxylic acids is 1. The van der Waals surface area contributed by atoms with Crippen molar-refractivity contribution in [2.24, 2.45) is 0 Å². The van der Waals surface area contributed by atoms with E-state index in [4.69, 9.17) is 4.74 Å². The number of nitro benzene ring substituents is 1. The lowest BCUT2D eigenvalue weighted by Gasteiger charge is -2.16. The molecular formula is C26H18N2O6. The van der Waals surface area contributed by atoms with Crippen LogP contribution in [-0.4, -0.2) is 28.7 Å². The number of nitro groups is 1. The van der Waals surface area contributed by atoms with Gasteiger partial charge in [-0.1, -0.05) is 66.7 Å². The van der Waals surface area contributed by atoms with Crippen LogP contribution in [0.25, 0.3) is 21.9 Å². The fourth-order valence-corrected chi connectivity index (χ4v) is 4.55. The normalized spacial score (nSPS) is 12.1. The van der Waals surface area contributed by atoms with Gasteiger partial charge >= 0.3 is 17.7 Å². The number of hydrogen-bond donors (Lipinski definition) is 2. The van der Waals surface area contributed by atoms with Crippen LogP contribution in [0.4, 0.5) is 16.2 Å². The number of nitrogens with zero attached hydrogens (tertiary/aromatic N) is 1. The summed E-state index contributed by atoms with van der Waals surface area (Å²) in [4.78, 5) is 35.7. The number of nitrogens with one attached hydrogen (secondary N) is 1. The van der Waals surface area contributed by atoms with E-state index in [2.05, 4.69) is 5.32 Å². The molecule has 0 radical (unpaired) electrons. The second kappa shape index (κ2) is 8.32. The predicted octanol–water partition coefficient (Wildman–Crippen LogP) is 5.81. The molecule has 2 N–H and O–H groups in total. The molecular weight excluding hydrogens is 436 g/mol. The molecule has 4 aromatic carbocycles. The van der Waals surface area contributed by atoms with Gasteiger partial charge in [0.1, 0.15) is 12.3 Å². The van der Waals surface area contributed by atoms with Gasteiger partial charge in [-0.25, -0.2) is 9.59 Å². The molecule has 168 valence electrons. The van der Waals surface area contributed by atoms with Gasteiger partial charge < -0.3 is 9.84 Å². The Kier molecular flexibility index (Phi) is 5.18. The number of rotatable bonds is 5. The predicted molar refractivity (Wildman–Crippen MR) is 126 cm³/mol. The van der Waals surface area contributed by atoms with Crippen molar-refractivity contribution in [1.29, 1.82) is 0 Å². The summed E-state index contributed by atoms with van der Waals surface area (Å²) in [7, 11) is 0. The number of amides is 1. The van der Waals surface area contributed by atoms with Gasteiger partial charge in [0, 0.05) is 5.92 Å². The molecule has 0 spiro atoms. The van der Waals surface area contributed by atoms with Gasteiger partial charge in [0.05, 0.1) is 15.9 Å². The van der Waals surface area contributed by atoms with Crippen LogP contribution < -0.4 is 5.32 Å². The second-order valence-corrected chi connectivity index (χ2v) is 7.88. The van der Waals surface area contributed by atoms with Crippen molar-refractivity contribution in [2.75, 3.05) is 11.9 Å². The van der Waals surface area contributed by atoms with E-state index in [1.165, 1.54) is 12.1 Å². The lowest BCUT2D eigenvalue weighted by Crippen LogP contribution is -2.20. The van der Waals surface area contributed by atoms with Crippen molar-refractivity contribution < 1.29 is 24.4 Å². The molecule has 0 aliphatic heterocycles. The molecule has 0 saturated carbocycles. The number of carbonyl (C=O) groups is 2. The first-order chi connectivity index (χ1) is 16.5. The number of benzene rings is 4. The molecule has 8 nitrogen and oxygen atoms in total. The Hall–Kier alpha value is -4.72. The van der Waals surface area contributed by atoms with Crippen LogP contribution in [0.1, 0.15) is 27.4 Å². The average molecular weight is 454 g/mol. The molecule has 0 bridgehead atoms. The van der Waals surface area contributed by atoms with Crippen LogP contribution >= 0.6 is 0 Å². The number of ether oxygens (including phenoxy) is 1. The van der Waals surface area contributed by atoms with E-state index in [-0.39, 0.29) is 23.5 Å². The standard InChI is InChI=1S/C26H18N2O6/c29-25(30)21-13-15-7-1-2-8-16(15)24(28(32)33)23(21)27-26(31)34-14-22-19-11-5-3-9-17(19)18-10-4-6-12-20(18)22/h1-13,22H,14H2,(H,27,31)(H,29,30). The van der Waals surface area contributed by atoms with E-state index in [0.29, 0.717) is 5.39 Å². The highest BCUT2D eigenvalue weighted by Gasteiger charge is 2.31. The van der Waals surface area contributed by atoms with Gasteiger partial charge in [0.2, 0.25) is 0 Å². The minimum Gasteiger partial charge on any atom is -0.478 e. The minimum absolute atomic E-state index is 0.0103. The maximum Gasteiger partial charge on any atom is 0.411 e. The third-order valence-electron chi connectivity index (χ3n) is 6.01. The first kappa shape index (κ1) is 21.1. The third kappa shape index (κ3) is 3.51. The second-order valence-electron chi connectivity index (χ2n) is 7.88. The highest BCUT2D eigenvalue weighted by atomic mass is 16.6. The quantitative estimate of drug-likeness (QED) is 0.290. The summed E-state index contributed by atoms with van der Waals surface area (Å²) in [6.07, 6.45) is -0.970. The number of hydrogen-bond acceptors (Lipinski definition) is 5. The highest BCUT2D eigenvalue weighted by molar-refractivity contribution is 6.10. The lowest BCUT2D eigenvalue weighted by molar-refractivity contribution is -0.382. The maximum atomic E-state index is 12.7. The summed E-state index contributed by atoms with van der Waals surface area (Å²) in [5.74, 6) is -1.61. The van der Waals surface area contributed by atoms with E-state index in [9.17, 15) is 24.8 Å². The molecule has 5 rings (SSSR count). The number of carboxylic acid groups (broad SMARTS) is 1. The Labute approximate surface area is 193 Å². The van der Waals surface area contributed by atoms with Crippen LogP contribution in [0.3, 0.4) is 0 Å². The van der Waals surface area contributed by atoms with Crippen molar-refractivity contribution >= 4 is 34.2 Å². The Bertz CT molecular complexity index is 1430. The first-order valence-corrected chi connectivity index (χ1v) is 10.5. The van der Waals surface area contributed by atoms with Crippen LogP contribution in [0.5, 0.6) is 0 Å². The Morgan fingerprint density at radius 2 is 1.53 bits per heavy atom. The van der Waals surface area contributed by atoms with Gasteiger partial charge in [-0.15, -0.1) is 0 Å². The molecule has 0 saturated heterocycles. The fraction of sp³-hybridized carbons (Fsp3) is 0.0769. The molecule has 0 atom stereocenters. The molecule has 1 amide bonds. The van der Waals surface area contributed by atoms with Crippen LogP contribution in [0, 0.1) is 10.1 Å². The van der Waals surface area contributed by atoms with Crippen LogP contribution in [0.15, 0.2) is 78.9 Å². The van der Waals surface area contributed by atoms with Crippen molar-refractivity contribution in [3.8, 4) is 11.1 Å². The number of carboxylic acids is 1. The monoisotopic (exact) mass is 454 g/mol. The molecule has 0 heterocycles. The third-order valence-corrected chi connectivity index (χ3v) is 6.01. The summed E-state index contributed by atoms with van der Waals surface area (Å²) in [5, 5.41) is 24.4. The average Bonchev–Trinajstić information content (AvgIpc) is 3.15. The molecule has 0 aromatic heterocycles. The Morgan fingerprint density at radius 3 is 2.15 bits per heavy atom. The summed E-state index contributed by atoms with van der Waals surface area (Å²) in [6.45, 7) is -0.0103. The SMILES string of the molecule is O=C(Nc1c(C(=O)O)cc2ccccc2c1[N+](=O)[O-])OCC1c2ccccc2-c2ccccc21. The topological polar surface area (TPSA) is 119 Å². The zero-order valence-electron chi connectivity index (χ0n) is 17.7. The zero-order chi connectivity index (χ0) is 23.8. The fourth-order valence-electron chi connectivity index (χ4n) is 4.55. The van der Waals surface area contributed by atoms with Crippen molar-refractivity contribution in [3.05, 3.63) is 106 Å². The summed E-state index contributed by atoms with van der Waals surface area (Å²) < 4.78 is 5.46. The lowest BCUT2D eigenvalue weighted by atomic mass is 9.98. The molecule has 0 fully saturated rings. The molecule has 34 heavy (non-hydrogen) atoms. The van der Waals surface area contributed by atoms with Gasteiger partial charge in [-0.2, -0.15) is 0 Å². The highest BCUT2D eigenvalue weighted by Crippen LogP contribution is 2.44. The van der Waals surface area contributed by atoms with Gasteiger partial charge in [-0.05, 0) is 39.8 Å². The Balaban J connectivity index is 1.45. The van der Waals surface area contributed by atoms with Crippen molar-refractivity contribution in [1.82, 2.24) is 0 Å². The van der Waals surface area contributed by atoms with Crippen molar-refractivity contribution in [3.63, 3.8) is 0 Å². The van der Waals surface area contributed by atoms with E-state index in [0.717, 1.165) is 22.3 Å². The zero-order valence-corrected chi connectivity index (χ0v) is 17.7. The Morgan fingerprint density at radius 1 is 0.941 bits per heavy atom. The number of anilines is 1. The number of carbonyl (C=O) groups excluding carboxylic acids is 1. The van der Waals surface area contributed by atoms with Crippen molar-refractivity contribution in [2.45, 2.75) is 5.92 Å². The molecule has 1 aliphatic rings. The summed E-state index contributed by atoms with van der Waals surface area (Å²) in [5.41, 5.74) is 2.85. The summed E-state index contributed by atoms with van der Waals surface area (Å²) in [6, 6.07) is 23.3. The maximum absolute atomic E-state index is 12.7. The smallest absolute Gasteiger partial charge is 0.411 e. The van der Waals surface area contributed by atoms with Gasteiger partial charge in [0.25, 0.3) is 0 Å². The largest absolute Gasteiger partial charge is 0.478 e. The van der Waals surface area contributed by atoms with E-state index >= 15 is 0 Å². The van der Waals surface area contributed by atoms with E-state index in [1.54, 1.807) is 18.2 Å². The molecule has 1 aliphatic carbocycles. The van der Waals surface area contributed by atoms with Gasteiger partial charge in [-0.3, -0.25) is 15.4 Å². The molecule has 0 unspecified atom stereocenters. The first-order valence-electron chi connectivity index (χ1n) is 10.5. The molecule has 4 aromatic rings. The summed E-state index contributed by atoms with van der Waals surface area (Å²) >= 11 is 0. The van der Waals surface area contributed by atoms with Gasteiger partial charge in [0.15, 0.2) is 0 Å². The van der Waals surface area contributed by atoms with Crippen LogP contribution in [0.2, 0.25) is 0 Å². The minimum atomic E-state index is -1.40. The van der Waals surface area contributed by atoms with E-state index < -0.39 is 28.4 Å². The molecule has 8 heteroatoms. The van der Waals surface area contributed by atoms with Crippen LogP contribution in [-0.2, 0) is 4.74 Å². The van der Waals surface area contributed by atoms with E-state index in [1.807, 2.05) is 48.5 Å².